The van der Waals surface area contributed by atoms with E-state index in [1.54, 1.807) is 16.1 Å². The van der Waals surface area contributed by atoms with Crippen LogP contribution in [-0.2, 0) is 28.1 Å². The quantitative estimate of drug-likeness (QED) is 0.133. The maximum atomic E-state index is 14.4. The average Bonchev–Trinajstić information content (AvgIpc) is 3.88. The fourth-order valence-corrected chi connectivity index (χ4v) is 9.27. The second kappa shape index (κ2) is 15.3. The van der Waals surface area contributed by atoms with E-state index in [-0.39, 0.29) is 11.8 Å². The first kappa shape index (κ1) is 35.8. The van der Waals surface area contributed by atoms with Crippen LogP contribution in [0.3, 0.4) is 0 Å². The minimum Gasteiger partial charge on any atom is -0.369 e. The number of para-hydroxylation sites is 1. The standard InChI is InChI=1S/C46H42N6O2S/c1-31(2)42(43(47)53)39-28-26-32-16-12-15-25-40(32)51(45(39)54)30-36-27-29-41(55-36)37-23-13-14-24-38(37)44-48-50-52(49-44)46(33-17-6-3-7-18-33,34-19-8-4-9-20-34)35-21-10-5-11-22-35/h3-25,27,29,31,39,42H,26,28,30H2,1-2H3,(H2,47,53)/t39-,42?/m1/s1. The molecule has 1 aliphatic heterocycles. The van der Waals surface area contributed by atoms with Gasteiger partial charge in [-0.15, -0.1) is 26.3 Å². The summed E-state index contributed by atoms with van der Waals surface area (Å²) in [6.07, 6.45) is 1.28. The van der Waals surface area contributed by atoms with Crippen molar-refractivity contribution in [1.29, 1.82) is 0 Å². The molecule has 274 valence electrons. The molecule has 55 heavy (non-hydrogen) atoms. The number of aromatic nitrogens is 4. The first-order chi connectivity index (χ1) is 26.9. The second-order valence-corrected chi connectivity index (χ2v) is 15.6. The van der Waals surface area contributed by atoms with E-state index in [1.165, 1.54) is 0 Å². The Kier molecular flexibility index (Phi) is 9.95. The number of fused-ring (bicyclic) bond motifs is 1. The molecule has 0 saturated heterocycles. The van der Waals surface area contributed by atoms with E-state index in [9.17, 15) is 9.59 Å². The van der Waals surface area contributed by atoms with Gasteiger partial charge >= 0.3 is 0 Å². The Bertz CT molecular complexity index is 2330. The number of tetrazole rings is 1. The van der Waals surface area contributed by atoms with Crippen molar-refractivity contribution in [2.45, 2.75) is 38.8 Å². The van der Waals surface area contributed by atoms with Gasteiger partial charge in [-0.25, -0.2) is 0 Å². The summed E-state index contributed by atoms with van der Waals surface area (Å²) in [6, 6.07) is 51.2. The molecule has 1 aliphatic rings. The Balaban J connectivity index is 1.17. The number of rotatable bonds is 11. The first-order valence-electron chi connectivity index (χ1n) is 18.7. The van der Waals surface area contributed by atoms with Crippen LogP contribution in [-0.4, -0.2) is 32.0 Å². The van der Waals surface area contributed by atoms with E-state index in [0.717, 1.165) is 48.8 Å². The van der Waals surface area contributed by atoms with Gasteiger partial charge in [-0.3, -0.25) is 9.59 Å². The van der Waals surface area contributed by atoms with Crippen LogP contribution in [0.1, 0.15) is 47.4 Å². The van der Waals surface area contributed by atoms with Gasteiger partial charge in [0.1, 0.15) is 0 Å². The third kappa shape index (κ3) is 6.65. The molecule has 3 heterocycles. The van der Waals surface area contributed by atoms with Crippen molar-refractivity contribution < 1.29 is 9.59 Å². The Morgan fingerprint density at radius 3 is 1.93 bits per heavy atom. The van der Waals surface area contributed by atoms with E-state index in [0.29, 0.717) is 25.2 Å². The molecule has 0 bridgehead atoms. The zero-order chi connectivity index (χ0) is 37.9. The molecule has 2 atom stereocenters. The normalized spacial score (nSPS) is 15.1. The molecule has 2 amide bonds. The van der Waals surface area contributed by atoms with Gasteiger partial charge in [0.05, 0.1) is 18.4 Å². The van der Waals surface area contributed by atoms with Gasteiger partial charge in [0.25, 0.3) is 0 Å². The number of carbonyl (C=O) groups is 2. The van der Waals surface area contributed by atoms with E-state index >= 15 is 0 Å². The van der Waals surface area contributed by atoms with Crippen molar-refractivity contribution in [1.82, 2.24) is 20.2 Å². The highest BCUT2D eigenvalue weighted by molar-refractivity contribution is 7.15. The molecule has 0 fully saturated rings. The number of benzene rings is 5. The second-order valence-electron chi connectivity index (χ2n) is 14.4. The lowest BCUT2D eigenvalue weighted by atomic mass is 9.77. The van der Waals surface area contributed by atoms with Crippen molar-refractivity contribution in [3.05, 3.63) is 179 Å². The van der Waals surface area contributed by atoms with Gasteiger partial charge in [0.15, 0.2) is 5.54 Å². The molecule has 7 aromatic rings. The highest BCUT2D eigenvalue weighted by Crippen LogP contribution is 2.42. The molecule has 0 radical (unpaired) electrons. The average molecular weight is 743 g/mol. The van der Waals surface area contributed by atoms with E-state index in [2.05, 4.69) is 60.7 Å². The lowest BCUT2D eigenvalue weighted by Gasteiger charge is -2.34. The minimum absolute atomic E-state index is 0.0517. The predicted molar refractivity (Wildman–Crippen MR) is 218 cm³/mol. The van der Waals surface area contributed by atoms with Gasteiger partial charge in [-0.1, -0.05) is 147 Å². The fraction of sp³-hybridized carbons (Fsp3) is 0.196. The van der Waals surface area contributed by atoms with Crippen molar-refractivity contribution in [3.8, 4) is 21.8 Å². The molecule has 9 heteroatoms. The Morgan fingerprint density at radius 2 is 1.33 bits per heavy atom. The van der Waals surface area contributed by atoms with Crippen LogP contribution in [0, 0.1) is 17.8 Å². The lowest BCUT2D eigenvalue weighted by molar-refractivity contribution is -0.133. The van der Waals surface area contributed by atoms with Crippen molar-refractivity contribution in [3.63, 3.8) is 0 Å². The number of thiophene rings is 1. The third-order valence-electron chi connectivity index (χ3n) is 10.8. The van der Waals surface area contributed by atoms with Crippen LogP contribution in [0.15, 0.2) is 152 Å². The number of anilines is 1. The van der Waals surface area contributed by atoms with Crippen molar-refractivity contribution in [2.24, 2.45) is 23.5 Å². The number of hydrogen-bond donors (Lipinski definition) is 1. The minimum atomic E-state index is -0.892. The maximum Gasteiger partial charge on any atom is 0.231 e. The molecule has 2 aromatic heterocycles. The summed E-state index contributed by atoms with van der Waals surface area (Å²) in [4.78, 5) is 32.7. The van der Waals surface area contributed by atoms with Gasteiger partial charge < -0.3 is 10.6 Å². The van der Waals surface area contributed by atoms with Crippen LogP contribution < -0.4 is 10.6 Å². The van der Waals surface area contributed by atoms with Crippen LogP contribution in [0.4, 0.5) is 5.69 Å². The summed E-state index contributed by atoms with van der Waals surface area (Å²) >= 11 is 1.63. The molecule has 0 saturated carbocycles. The zero-order valence-corrected chi connectivity index (χ0v) is 31.6. The fourth-order valence-electron chi connectivity index (χ4n) is 8.23. The van der Waals surface area contributed by atoms with Crippen LogP contribution in [0.25, 0.3) is 21.8 Å². The highest BCUT2D eigenvalue weighted by atomic mass is 32.1. The number of primary amides is 1. The first-order valence-corrected chi connectivity index (χ1v) is 19.5. The van der Waals surface area contributed by atoms with Gasteiger partial charge in [-0.2, -0.15) is 0 Å². The lowest BCUT2D eigenvalue weighted by Crippen LogP contribution is -2.43. The van der Waals surface area contributed by atoms with Crippen molar-refractivity contribution in [2.75, 3.05) is 4.90 Å². The maximum absolute atomic E-state index is 14.4. The number of nitrogens with zero attached hydrogens (tertiary/aromatic N) is 5. The van der Waals surface area contributed by atoms with Crippen LogP contribution in [0.2, 0.25) is 0 Å². The molecule has 5 aromatic carbocycles. The van der Waals surface area contributed by atoms with Crippen LogP contribution >= 0.6 is 11.3 Å². The Labute approximate surface area is 325 Å². The number of aryl methyl sites for hydroxylation is 1. The highest BCUT2D eigenvalue weighted by Gasteiger charge is 2.42. The number of hydrogen-bond acceptors (Lipinski definition) is 6. The topological polar surface area (TPSA) is 107 Å². The smallest absolute Gasteiger partial charge is 0.231 e. The SMILES string of the molecule is CC(C)C(C(N)=O)[C@H]1CCc2ccccc2N(Cc2ccc(-c3ccccc3-c3nnn(C(c4ccccc4)(c4ccccc4)c4ccccc4)n3)s2)C1=O. The monoisotopic (exact) mass is 742 g/mol. The molecule has 8 nitrogen and oxygen atoms in total. The van der Waals surface area contributed by atoms with Gasteiger partial charge in [0.2, 0.25) is 17.6 Å². The van der Waals surface area contributed by atoms with E-state index < -0.39 is 23.3 Å². The molecular weight excluding hydrogens is 701 g/mol. The van der Waals surface area contributed by atoms with Crippen molar-refractivity contribution >= 4 is 28.8 Å². The molecule has 0 spiro atoms. The number of carbonyl (C=O) groups excluding carboxylic acids is 2. The number of amides is 2. The number of nitrogens with two attached hydrogens (primary N) is 1. The molecule has 1 unspecified atom stereocenters. The largest absolute Gasteiger partial charge is 0.369 e. The van der Waals surface area contributed by atoms with Gasteiger partial charge in [0, 0.05) is 26.6 Å². The molecular formula is C46H42N6O2S. The summed E-state index contributed by atoms with van der Waals surface area (Å²) in [7, 11) is 0. The zero-order valence-electron chi connectivity index (χ0n) is 30.8. The van der Waals surface area contributed by atoms with Crippen LogP contribution in [0.5, 0.6) is 0 Å². The van der Waals surface area contributed by atoms with E-state index in [4.69, 9.17) is 21.1 Å². The summed E-state index contributed by atoms with van der Waals surface area (Å²) in [6.45, 7) is 4.31. The Hall–Kier alpha value is -6.19. The summed E-state index contributed by atoms with van der Waals surface area (Å²) < 4.78 is 0. The Morgan fingerprint density at radius 1 is 0.764 bits per heavy atom. The molecule has 2 N–H and O–H groups in total. The summed E-state index contributed by atoms with van der Waals surface area (Å²) in [5.74, 6) is -1.06. The van der Waals surface area contributed by atoms with Gasteiger partial charge in [-0.05, 0) is 64.4 Å². The third-order valence-corrected chi connectivity index (χ3v) is 11.9. The molecule has 0 aliphatic carbocycles. The summed E-state index contributed by atoms with van der Waals surface area (Å²) in [5.41, 5.74) is 11.8. The molecule has 8 rings (SSSR count). The predicted octanol–water partition coefficient (Wildman–Crippen LogP) is 8.76. The van der Waals surface area contributed by atoms with E-state index in [1.807, 2.05) is 110 Å². The summed E-state index contributed by atoms with van der Waals surface area (Å²) in [5, 5.41) is 14.7.